The van der Waals surface area contributed by atoms with Crippen LogP contribution in [0.2, 0.25) is 5.02 Å². The first-order chi connectivity index (χ1) is 12.7. The van der Waals surface area contributed by atoms with Crippen molar-refractivity contribution in [2.45, 2.75) is 38.1 Å². The molecule has 4 rings (SSSR count). The van der Waals surface area contributed by atoms with Crippen molar-refractivity contribution in [3.05, 3.63) is 64.7 Å². The topological polar surface area (TPSA) is 46.6 Å². The lowest BCUT2D eigenvalue weighted by Crippen LogP contribution is -2.45. The molecule has 27 heavy (non-hydrogen) atoms. The van der Waals surface area contributed by atoms with E-state index in [4.69, 9.17) is 16.3 Å². The molecule has 0 aromatic heterocycles. The van der Waals surface area contributed by atoms with Gasteiger partial charge in [0.15, 0.2) is 0 Å². The van der Waals surface area contributed by atoms with E-state index in [1.807, 2.05) is 62.1 Å². The molecule has 0 bridgehead atoms. The molecule has 0 N–H and O–H groups in total. The van der Waals surface area contributed by atoms with Crippen molar-refractivity contribution in [3.63, 3.8) is 0 Å². The molecule has 0 spiro atoms. The molecule has 1 amide bonds. The van der Waals surface area contributed by atoms with Crippen molar-refractivity contribution < 1.29 is 14.3 Å². The van der Waals surface area contributed by atoms with E-state index >= 15 is 0 Å². The second-order valence-electron chi connectivity index (χ2n) is 8.27. The number of halogens is 1. The van der Waals surface area contributed by atoms with Crippen LogP contribution in [0, 0.1) is 5.41 Å². The normalized spacial score (nSPS) is 25.6. The maximum absolute atomic E-state index is 13.3. The fourth-order valence-corrected chi connectivity index (χ4v) is 4.59. The van der Waals surface area contributed by atoms with Crippen molar-refractivity contribution in [2.24, 2.45) is 5.41 Å². The number of para-hydroxylation sites is 1. The smallest absolute Gasteiger partial charge is 0.319 e. The van der Waals surface area contributed by atoms with Gasteiger partial charge in [0, 0.05) is 22.0 Å². The highest BCUT2D eigenvalue weighted by atomic mass is 35.5. The number of fused-ring (bicyclic) bond motifs is 3. The molecule has 1 heterocycles. The van der Waals surface area contributed by atoms with E-state index in [0.29, 0.717) is 5.02 Å². The molecule has 2 aliphatic rings. The minimum absolute atomic E-state index is 0.00203. The van der Waals surface area contributed by atoms with Crippen LogP contribution in [0.1, 0.15) is 37.8 Å². The fourth-order valence-electron chi connectivity index (χ4n) is 4.46. The van der Waals surface area contributed by atoms with Crippen LogP contribution in [0.3, 0.4) is 0 Å². The lowest BCUT2D eigenvalue weighted by molar-refractivity contribution is -0.144. The summed E-state index contributed by atoms with van der Waals surface area (Å²) in [6.45, 7) is 5.70. The van der Waals surface area contributed by atoms with Gasteiger partial charge in [-0.3, -0.25) is 9.59 Å². The Kier molecular flexibility index (Phi) is 3.90. The second-order valence-corrected chi connectivity index (χ2v) is 8.71. The highest BCUT2D eigenvalue weighted by Crippen LogP contribution is 2.70. The van der Waals surface area contributed by atoms with E-state index in [9.17, 15) is 9.59 Å². The average Bonchev–Trinajstić information content (AvgIpc) is 3.19. The minimum atomic E-state index is -0.894. The number of rotatable bonds is 2. The van der Waals surface area contributed by atoms with Crippen LogP contribution in [0.25, 0.3) is 0 Å². The molecule has 1 aliphatic heterocycles. The molecule has 3 atom stereocenters. The zero-order valence-corrected chi connectivity index (χ0v) is 16.6. The highest BCUT2D eigenvalue weighted by molar-refractivity contribution is 6.30. The number of methoxy groups -OCH3 is 1. The highest BCUT2D eigenvalue weighted by Gasteiger charge is 2.78. The lowest BCUT2D eigenvalue weighted by atomic mass is 9.87. The summed E-state index contributed by atoms with van der Waals surface area (Å²) in [6.07, 6.45) is 0. The second kappa shape index (κ2) is 5.83. The summed E-state index contributed by atoms with van der Waals surface area (Å²) in [5.41, 5.74) is 1.28. The molecule has 1 aliphatic carbocycles. The first-order valence-electron chi connectivity index (χ1n) is 9.01. The molecule has 0 saturated heterocycles. The third kappa shape index (κ3) is 2.36. The number of anilines is 1. The first-order valence-corrected chi connectivity index (χ1v) is 9.39. The van der Waals surface area contributed by atoms with Crippen molar-refractivity contribution in [2.75, 3.05) is 12.0 Å². The number of carbonyl (C=O) groups excluding carboxylic acids is 2. The Morgan fingerprint density at radius 1 is 1.07 bits per heavy atom. The van der Waals surface area contributed by atoms with E-state index in [-0.39, 0.29) is 23.8 Å². The van der Waals surface area contributed by atoms with E-state index in [1.54, 1.807) is 12.1 Å². The molecular formula is C22H22ClNO3. The average molecular weight is 384 g/mol. The maximum atomic E-state index is 13.3. The van der Waals surface area contributed by atoms with Gasteiger partial charge in [-0.25, -0.2) is 0 Å². The summed E-state index contributed by atoms with van der Waals surface area (Å²) in [6, 6.07) is 14.8. The number of benzene rings is 2. The molecule has 0 radical (unpaired) electrons. The Hall–Kier alpha value is -2.33. The molecular weight excluding hydrogens is 362 g/mol. The van der Waals surface area contributed by atoms with Crippen LogP contribution < -0.4 is 4.90 Å². The van der Waals surface area contributed by atoms with Gasteiger partial charge in [0.05, 0.1) is 13.2 Å². The Morgan fingerprint density at radius 2 is 1.70 bits per heavy atom. The predicted molar refractivity (Wildman–Crippen MR) is 105 cm³/mol. The van der Waals surface area contributed by atoms with Crippen molar-refractivity contribution in [1.29, 1.82) is 0 Å². The first kappa shape index (κ1) is 18.1. The molecule has 1 saturated carbocycles. The van der Waals surface area contributed by atoms with Crippen LogP contribution in [0.5, 0.6) is 0 Å². The van der Waals surface area contributed by atoms with Crippen molar-refractivity contribution in [3.8, 4) is 0 Å². The summed E-state index contributed by atoms with van der Waals surface area (Å²) < 4.78 is 5.22. The fraction of sp³-hybridized carbons (Fsp3) is 0.364. The van der Waals surface area contributed by atoms with E-state index in [0.717, 1.165) is 16.8 Å². The van der Waals surface area contributed by atoms with E-state index in [1.165, 1.54) is 7.11 Å². The minimum Gasteiger partial charge on any atom is -0.468 e. The summed E-state index contributed by atoms with van der Waals surface area (Å²) in [7, 11) is 1.40. The number of ether oxygens (including phenoxy) is 1. The molecule has 1 fully saturated rings. The third-order valence-corrected chi connectivity index (χ3v) is 5.93. The lowest BCUT2D eigenvalue weighted by Gasteiger charge is -2.32. The number of hydrogen-bond acceptors (Lipinski definition) is 3. The summed E-state index contributed by atoms with van der Waals surface area (Å²) >= 11 is 6.06. The molecule has 0 unspecified atom stereocenters. The number of esters is 1. The van der Waals surface area contributed by atoms with Gasteiger partial charge in [-0.15, -0.1) is 0 Å². The Labute approximate surface area is 164 Å². The van der Waals surface area contributed by atoms with Gasteiger partial charge >= 0.3 is 5.97 Å². The summed E-state index contributed by atoms with van der Waals surface area (Å²) in [4.78, 5) is 28.1. The zero-order valence-electron chi connectivity index (χ0n) is 15.8. The van der Waals surface area contributed by atoms with Crippen LogP contribution in [-0.4, -0.2) is 25.0 Å². The van der Waals surface area contributed by atoms with Crippen LogP contribution >= 0.6 is 11.6 Å². The Morgan fingerprint density at radius 3 is 2.30 bits per heavy atom. The van der Waals surface area contributed by atoms with Crippen LogP contribution in [-0.2, 0) is 19.7 Å². The largest absolute Gasteiger partial charge is 0.468 e. The zero-order chi connectivity index (χ0) is 19.6. The van der Waals surface area contributed by atoms with E-state index in [2.05, 4.69) is 0 Å². The van der Waals surface area contributed by atoms with E-state index < -0.39 is 10.8 Å². The predicted octanol–water partition coefficient (Wildman–Crippen LogP) is 4.31. The number of hydrogen-bond donors (Lipinski definition) is 0. The van der Waals surface area contributed by atoms with Crippen molar-refractivity contribution in [1.82, 2.24) is 0 Å². The SMILES string of the molecule is COC(=O)[C@@]1(c2ccc(Cl)cc2)[C@@H]2c3ccccc3N(C(=O)C(C)(C)C)[C@@H]21. The number of amides is 1. The van der Waals surface area contributed by atoms with Gasteiger partial charge in [0.25, 0.3) is 0 Å². The molecule has 2 aromatic carbocycles. The number of nitrogens with zero attached hydrogens (tertiary/aromatic N) is 1. The Balaban J connectivity index is 1.91. The molecule has 2 aromatic rings. The standard InChI is InChI=1S/C22H22ClNO3/c1-21(2,3)19(25)24-16-8-6-5-7-15(16)17-18(24)22(17,20(26)27-4)13-9-11-14(23)12-10-13/h5-12,17-18H,1-4H3/t17-,18+,22+/m1/s1. The molecule has 140 valence electrons. The van der Waals surface area contributed by atoms with Crippen LogP contribution in [0.4, 0.5) is 5.69 Å². The Bertz CT molecular complexity index is 931. The van der Waals surface area contributed by atoms with Gasteiger partial charge < -0.3 is 9.64 Å². The van der Waals surface area contributed by atoms with Gasteiger partial charge in [-0.2, -0.15) is 0 Å². The van der Waals surface area contributed by atoms with Gasteiger partial charge in [0.2, 0.25) is 5.91 Å². The number of carbonyl (C=O) groups is 2. The monoisotopic (exact) mass is 383 g/mol. The van der Waals surface area contributed by atoms with Crippen molar-refractivity contribution >= 4 is 29.2 Å². The molecule has 4 nitrogen and oxygen atoms in total. The van der Waals surface area contributed by atoms with Gasteiger partial charge in [0.1, 0.15) is 5.41 Å². The quantitative estimate of drug-likeness (QED) is 0.726. The molecule has 5 heteroatoms. The van der Waals surface area contributed by atoms with Gasteiger partial charge in [-0.1, -0.05) is 62.7 Å². The maximum Gasteiger partial charge on any atom is 0.319 e. The third-order valence-electron chi connectivity index (χ3n) is 5.68. The van der Waals surface area contributed by atoms with Gasteiger partial charge in [-0.05, 0) is 29.3 Å². The summed E-state index contributed by atoms with van der Waals surface area (Å²) in [5.74, 6) is -0.433. The summed E-state index contributed by atoms with van der Waals surface area (Å²) in [5, 5.41) is 0.604. The van der Waals surface area contributed by atoms with Crippen LogP contribution in [0.15, 0.2) is 48.5 Å².